The molecule has 2 aliphatic rings. The van der Waals surface area contributed by atoms with Gasteiger partial charge in [0.25, 0.3) is 0 Å². The molecule has 1 unspecified atom stereocenters. The number of likely N-dealkylation sites (tertiary alicyclic amines) is 1. The van der Waals surface area contributed by atoms with Gasteiger partial charge >= 0.3 is 0 Å². The van der Waals surface area contributed by atoms with Gasteiger partial charge in [-0.3, -0.25) is 4.79 Å². The summed E-state index contributed by atoms with van der Waals surface area (Å²) < 4.78 is 11.7. The van der Waals surface area contributed by atoms with Crippen molar-refractivity contribution in [3.05, 3.63) is 48.4 Å². The first-order valence-electron chi connectivity index (χ1n) is 9.78. The highest BCUT2D eigenvalue weighted by atomic mass is 16.5. The summed E-state index contributed by atoms with van der Waals surface area (Å²) in [5.41, 5.74) is 1.32. The fourth-order valence-electron chi connectivity index (χ4n) is 4.11. The summed E-state index contributed by atoms with van der Waals surface area (Å²) in [6, 6.07) is 9.66. The van der Waals surface area contributed by atoms with Gasteiger partial charge in [0.1, 0.15) is 6.61 Å². The number of piperidine rings is 1. The first-order valence-corrected chi connectivity index (χ1v) is 9.78. The highest BCUT2D eigenvalue weighted by Crippen LogP contribution is 2.42. The van der Waals surface area contributed by atoms with E-state index in [1.165, 1.54) is 0 Å². The summed E-state index contributed by atoms with van der Waals surface area (Å²) in [4.78, 5) is 21.8. The van der Waals surface area contributed by atoms with E-state index >= 15 is 0 Å². The summed E-state index contributed by atoms with van der Waals surface area (Å²) in [7, 11) is 0. The van der Waals surface area contributed by atoms with E-state index in [4.69, 9.17) is 9.47 Å². The van der Waals surface area contributed by atoms with Crippen molar-refractivity contribution in [1.82, 2.24) is 14.9 Å². The summed E-state index contributed by atoms with van der Waals surface area (Å²) >= 11 is 0. The topological polar surface area (TPSA) is 67.5 Å². The Kier molecular flexibility index (Phi) is 5.43. The van der Waals surface area contributed by atoms with Crippen molar-refractivity contribution in [1.29, 1.82) is 0 Å². The molecule has 0 bridgehead atoms. The van der Waals surface area contributed by atoms with Crippen molar-refractivity contribution in [2.75, 3.05) is 26.3 Å². The van der Waals surface area contributed by atoms with E-state index in [1.54, 1.807) is 6.20 Å². The van der Waals surface area contributed by atoms with Gasteiger partial charge in [0.15, 0.2) is 0 Å². The van der Waals surface area contributed by atoms with Gasteiger partial charge in [-0.25, -0.2) is 4.98 Å². The lowest BCUT2D eigenvalue weighted by Gasteiger charge is -2.38. The zero-order chi connectivity index (χ0) is 18.5. The second-order valence-corrected chi connectivity index (χ2v) is 7.69. The quantitative estimate of drug-likeness (QED) is 0.850. The molecule has 27 heavy (non-hydrogen) atoms. The van der Waals surface area contributed by atoms with E-state index in [9.17, 15) is 4.79 Å². The third-order valence-corrected chi connectivity index (χ3v) is 5.79. The molecule has 0 aliphatic carbocycles. The Labute approximate surface area is 159 Å². The van der Waals surface area contributed by atoms with Crippen LogP contribution in [-0.2, 0) is 16.0 Å². The number of rotatable bonds is 6. The number of carbonyl (C=O) groups excluding carboxylic acids is 1. The molecular weight excluding hydrogens is 342 g/mol. The van der Waals surface area contributed by atoms with E-state index < -0.39 is 0 Å². The summed E-state index contributed by atoms with van der Waals surface area (Å²) in [6.45, 7) is 2.98. The molecular formula is C21H27N3O3. The highest BCUT2D eigenvalue weighted by molar-refractivity contribution is 5.76. The summed E-state index contributed by atoms with van der Waals surface area (Å²) in [6.07, 6.45) is 8.14. The first-order chi connectivity index (χ1) is 13.2. The van der Waals surface area contributed by atoms with E-state index in [2.05, 4.69) is 9.97 Å². The maximum Gasteiger partial charge on any atom is 0.222 e. The van der Waals surface area contributed by atoms with Crippen molar-refractivity contribution in [2.24, 2.45) is 5.41 Å². The molecule has 144 valence electrons. The van der Waals surface area contributed by atoms with Crippen molar-refractivity contribution in [3.8, 4) is 5.88 Å². The molecule has 4 rings (SSSR count). The number of carbonyl (C=O) groups is 1. The van der Waals surface area contributed by atoms with Gasteiger partial charge in [0, 0.05) is 43.7 Å². The number of nitrogens with one attached hydrogen (secondary N) is 1. The van der Waals surface area contributed by atoms with Crippen LogP contribution < -0.4 is 4.74 Å². The molecule has 2 fully saturated rings. The molecule has 0 aromatic carbocycles. The van der Waals surface area contributed by atoms with Crippen LogP contribution in [0.5, 0.6) is 5.88 Å². The lowest BCUT2D eigenvalue weighted by molar-refractivity contribution is -0.133. The Morgan fingerprint density at radius 2 is 2.19 bits per heavy atom. The number of nitrogens with zero attached hydrogens (tertiary/aromatic N) is 2. The Morgan fingerprint density at radius 1 is 1.30 bits per heavy atom. The van der Waals surface area contributed by atoms with Crippen LogP contribution in [0, 0.1) is 5.41 Å². The number of ether oxygens (including phenoxy) is 2. The number of aromatic amines is 1. The number of hydrogen-bond acceptors (Lipinski definition) is 4. The van der Waals surface area contributed by atoms with E-state index in [0.717, 1.165) is 51.1 Å². The fourth-order valence-corrected chi connectivity index (χ4v) is 4.11. The van der Waals surface area contributed by atoms with Crippen LogP contribution in [0.25, 0.3) is 0 Å². The van der Waals surface area contributed by atoms with Gasteiger partial charge in [-0.15, -0.1) is 0 Å². The molecule has 2 saturated heterocycles. The standard InChI is InChI=1S/C21H27N3O3/c25-20(7-6-17-4-3-11-22-17)24-12-8-21(9-13-24)14-18(27-16-21)15-26-19-5-1-2-10-23-19/h1-5,10-11,18,22H,6-9,12-16H2. The molecule has 1 N–H and O–H groups in total. The molecule has 2 aromatic heterocycles. The average Bonchev–Trinajstić information content (AvgIpc) is 3.36. The number of hydrogen-bond donors (Lipinski definition) is 1. The number of amides is 1. The van der Waals surface area contributed by atoms with Gasteiger partial charge in [0.05, 0.1) is 12.7 Å². The Bertz CT molecular complexity index is 724. The summed E-state index contributed by atoms with van der Waals surface area (Å²) in [5, 5.41) is 0. The molecule has 2 aliphatic heterocycles. The van der Waals surface area contributed by atoms with Gasteiger partial charge in [0.2, 0.25) is 11.8 Å². The van der Waals surface area contributed by atoms with Gasteiger partial charge in [-0.2, -0.15) is 0 Å². The molecule has 1 amide bonds. The Morgan fingerprint density at radius 3 is 2.93 bits per heavy atom. The van der Waals surface area contributed by atoms with Gasteiger partial charge in [-0.05, 0) is 49.3 Å². The minimum absolute atomic E-state index is 0.113. The zero-order valence-corrected chi connectivity index (χ0v) is 15.6. The third-order valence-electron chi connectivity index (χ3n) is 5.79. The largest absolute Gasteiger partial charge is 0.475 e. The second kappa shape index (κ2) is 8.13. The number of aryl methyl sites for hydroxylation is 1. The van der Waals surface area contributed by atoms with Crippen molar-refractivity contribution in [2.45, 2.75) is 38.2 Å². The fraction of sp³-hybridized carbons (Fsp3) is 0.524. The van der Waals surface area contributed by atoms with E-state index in [0.29, 0.717) is 18.9 Å². The second-order valence-electron chi connectivity index (χ2n) is 7.69. The molecule has 0 radical (unpaired) electrons. The highest BCUT2D eigenvalue weighted by Gasteiger charge is 2.43. The molecule has 0 saturated carbocycles. The van der Waals surface area contributed by atoms with Crippen molar-refractivity contribution < 1.29 is 14.3 Å². The Hall–Kier alpha value is -2.34. The van der Waals surface area contributed by atoms with Gasteiger partial charge < -0.3 is 19.4 Å². The lowest BCUT2D eigenvalue weighted by atomic mass is 9.76. The number of pyridine rings is 1. The van der Waals surface area contributed by atoms with Gasteiger partial charge in [-0.1, -0.05) is 6.07 Å². The van der Waals surface area contributed by atoms with Crippen LogP contribution in [0.2, 0.25) is 0 Å². The minimum Gasteiger partial charge on any atom is -0.475 e. The molecule has 6 heteroatoms. The van der Waals surface area contributed by atoms with E-state index in [-0.39, 0.29) is 17.4 Å². The average molecular weight is 369 g/mol. The van der Waals surface area contributed by atoms with Crippen LogP contribution >= 0.6 is 0 Å². The first kappa shape index (κ1) is 18.0. The van der Waals surface area contributed by atoms with Crippen LogP contribution in [0.4, 0.5) is 0 Å². The summed E-state index contributed by atoms with van der Waals surface area (Å²) in [5.74, 6) is 0.901. The molecule has 2 aromatic rings. The van der Waals surface area contributed by atoms with Crippen LogP contribution in [0.3, 0.4) is 0 Å². The zero-order valence-electron chi connectivity index (χ0n) is 15.6. The predicted molar refractivity (Wildman–Crippen MR) is 101 cm³/mol. The van der Waals surface area contributed by atoms with Crippen LogP contribution in [0.1, 0.15) is 31.4 Å². The van der Waals surface area contributed by atoms with Crippen molar-refractivity contribution >= 4 is 5.91 Å². The van der Waals surface area contributed by atoms with Crippen LogP contribution in [-0.4, -0.2) is 53.2 Å². The van der Waals surface area contributed by atoms with Crippen LogP contribution in [0.15, 0.2) is 42.7 Å². The SMILES string of the molecule is O=C(CCc1ccc[nH]1)N1CCC2(CC1)COC(COc1ccccn1)C2. The smallest absolute Gasteiger partial charge is 0.222 e. The maximum absolute atomic E-state index is 12.5. The predicted octanol–water partition coefficient (Wildman–Crippen LogP) is 2.82. The third kappa shape index (κ3) is 4.50. The monoisotopic (exact) mass is 369 g/mol. The molecule has 6 nitrogen and oxygen atoms in total. The normalized spacial score (nSPS) is 21.5. The maximum atomic E-state index is 12.5. The molecule has 1 spiro atoms. The minimum atomic E-state index is 0.113. The van der Waals surface area contributed by atoms with E-state index in [1.807, 2.05) is 41.4 Å². The van der Waals surface area contributed by atoms with Crippen molar-refractivity contribution in [3.63, 3.8) is 0 Å². The molecule has 4 heterocycles. The number of aromatic nitrogens is 2. The number of H-pyrrole nitrogens is 1. The lowest BCUT2D eigenvalue weighted by Crippen LogP contribution is -2.43. The molecule has 1 atom stereocenters. The Balaban J connectivity index is 1.21.